The highest BCUT2D eigenvalue weighted by Crippen LogP contribution is 2.18. The summed E-state index contributed by atoms with van der Waals surface area (Å²) in [4.78, 5) is 12.2. The summed E-state index contributed by atoms with van der Waals surface area (Å²) in [6.45, 7) is 3.97. The molecule has 27 heavy (non-hydrogen) atoms. The van der Waals surface area contributed by atoms with Gasteiger partial charge in [0, 0.05) is 25.5 Å². The van der Waals surface area contributed by atoms with Crippen LogP contribution in [0, 0.1) is 0 Å². The molecule has 0 saturated heterocycles. The zero-order valence-electron chi connectivity index (χ0n) is 15.2. The van der Waals surface area contributed by atoms with Crippen LogP contribution in [0.4, 0.5) is 8.78 Å². The smallest absolute Gasteiger partial charge is 0.280 e. The Labute approximate surface area is 156 Å². The second-order valence-corrected chi connectivity index (χ2v) is 5.64. The van der Waals surface area contributed by atoms with Crippen LogP contribution in [-0.4, -0.2) is 42.8 Å². The predicted molar refractivity (Wildman–Crippen MR) is 99.7 cm³/mol. The molecular formula is C19H22F2N4O2. The molecule has 8 heteroatoms. The number of nitrogens with one attached hydrogen (secondary N) is 2. The highest BCUT2D eigenvalue weighted by atomic mass is 19.3. The minimum absolute atomic E-state index is 0.191. The lowest BCUT2D eigenvalue weighted by molar-refractivity contribution is 0.0954. The van der Waals surface area contributed by atoms with Crippen molar-refractivity contribution in [3.8, 4) is 5.75 Å². The Bertz CT molecular complexity index is 831. The first-order valence-electron chi connectivity index (χ1n) is 8.27. The molecule has 2 rings (SSSR count). The summed E-state index contributed by atoms with van der Waals surface area (Å²) in [6.07, 6.45) is 1.50. The van der Waals surface area contributed by atoms with Crippen molar-refractivity contribution in [2.75, 3.05) is 20.7 Å². The van der Waals surface area contributed by atoms with Crippen molar-refractivity contribution in [2.24, 2.45) is 0 Å². The third-order valence-corrected chi connectivity index (χ3v) is 3.85. The topological polar surface area (TPSA) is 68.2 Å². The van der Waals surface area contributed by atoms with Crippen molar-refractivity contribution in [3.05, 3.63) is 66.1 Å². The normalized spacial score (nSPS) is 11.4. The van der Waals surface area contributed by atoms with E-state index in [1.165, 1.54) is 18.5 Å². The maximum Gasteiger partial charge on any atom is 0.280 e. The van der Waals surface area contributed by atoms with E-state index in [-0.39, 0.29) is 11.3 Å². The second kappa shape index (κ2) is 9.51. The van der Waals surface area contributed by atoms with Gasteiger partial charge < -0.3 is 15.4 Å². The summed E-state index contributed by atoms with van der Waals surface area (Å²) in [5.41, 5.74) is 1.09. The summed E-state index contributed by atoms with van der Waals surface area (Å²) in [5.74, 6) is 0.355. The molecule has 0 aliphatic carbocycles. The minimum Gasteiger partial charge on any atom is -0.496 e. The number of amides is 1. The van der Waals surface area contributed by atoms with E-state index in [2.05, 4.69) is 22.3 Å². The number of ether oxygens (including phenoxy) is 1. The van der Waals surface area contributed by atoms with Crippen LogP contribution in [0.15, 0.2) is 55.0 Å². The lowest BCUT2D eigenvalue weighted by Crippen LogP contribution is -2.25. The summed E-state index contributed by atoms with van der Waals surface area (Å²) < 4.78 is 32.7. The molecule has 0 unspecified atom stereocenters. The van der Waals surface area contributed by atoms with Crippen LogP contribution in [-0.2, 0) is 6.42 Å². The van der Waals surface area contributed by atoms with Gasteiger partial charge in [-0.25, -0.2) is 13.5 Å². The molecule has 2 N–H and O–H groups in total. The molecule has 0 saturated carbocycles. The number of hydrogen-bond donors (Lipinski definition) is 2. The van der Waals surface area contributed by atoms with Gasteiger partial charge in [0.15, 0.2) is 0 Å². The second-order valence-electron chi connectivity index (χ2n) is 5.64. The number of likely N-dealkylation sites (N-methyl/N-ethyl adjacent to an activating group) is 1. The van der Waals surface area contributed by atoms with E-state index in [4.69, 9.17) is 4.74 Å². The van der Waals surface area contributed by atoms with E-state index < -0.39 is 12.3 Å². The Morgan fingerprint density at radius 1 is 1.41 bits per heavy atom. The highest BCUT2D eigenvalue weighted by Gasteiger charge is 2.17. The number of hydrogen-bond acceptors (Lipinski definition) is 4. The standard InChI is InChI=1S/C19H22F2N4O2/c1-13(22-2)10-16(18(20)21)25-12-15(11-24-25)19(26)23-9-8-14-6-4-5-7-17(14)27-3/h4-7,10-12,18,22H,1,8-9H2,2-3H3,(H,23,26)/b16-10-. The third kappa shape index (κ3) is 5.40. The molecule has 1 aromatic carbocycles. The largest absolute Gasteiger partial charge is 0.496 e. The number of carbonyl (C=O) groups is 1. The quantitative estimate of drug-likeness (QED) is 0.661. The molecule has 2 aromatic rings. The molecule has 0 aliphatic heterocycles. The number of carbonyl (C=O) groups excluding carboxylic acids is 1. The van der Waals surface area contributed by atoms with E-state index >= 15 is 0 Å². The first kappa shape index (κ1) is 20.2. The Morgan fingerprint density at radius 3 is 2.81 bits per heavy atom. The van der Waals surface area contributed by atoms with Gasteiger partial charge in [-0.15, -0.1) is 0 Å². The van der Waals surface area contributed by atoms with Gasteiger partial charge in [0.2, 0.25) is 0 Å². The average molecular weight is 376 g/mol. The number of rotatable bonds is 9. The van der Waals surface area contributed by atoms with Crippen LogP contribution in [0.25, 0.3) is 5.70 Å². The van der Waals surface area contributed by atoms with Crippen molar-refractivity contribution >= 4 is 11.6 Å². The zero-order chi connectivity index (χ0) is 19.8. The molecule has 0 bridgehead atoms. The summed E-state index contributed by atoms with van der Waals surface area (Å²) in [5, 5.41) is 9.27. The zero-order valence-corrected chi connectivity index (χ0v) is 15.2. The molecule has 0 fully saturated rings. The Balaban J connectivity index is 2.02. The molecule has 0 radical (unpaired) electrons. The van der Waals surface area contributed by atoms with Gasteiger partial charge in [-0.05, 0) is 24.1 Å². The van der Waals surface area contributed by atoms with Gasteiger partial charge in [-0.1, -0.05) is 24.8 Å². The number of nitrogens with zero attached hydrogens (tertiary/aromatic N) is 2. The monoisotopic (exact) mass is 376 g/mol. The molecule has 0 aliphatic rings. The van der Waals surface area contributed by atoms with Crippen LogP contribution in [0.2, 0.25) is 0 Å². The van der Waals surface area contributed by atoms with Gasteiger partial charge in [-0.2, -0.15) is 5.10 Å². The van der Waals surface area contributed by atoms with Gasteiger partial charge in [0.05, 0.1) is 18.9 Å². The highest BCUT2D eigenvalue weighted by molar-refractivity contribution is 5.93. The summed E-state index contributed by atoms with van der Waals surface area (Å²) in [6, 6.07) is 7.52. The van der Waals surface area contributed by atoms with Crippen molar-refractivity contribution in [2.45, 2.75) is 12.8 Å². The molecule has 1 aromatic heterocycles. The van der Waals surface area contributed by atoms with Crippen molar-refractivity contribution in [1.29, 1.82) is 0 Å². The van der Waals surface area contributed by atoms with Crippen molar-refractivity contribution in [3.63, 3.8) is 0 Å². The van der Waals surface area contributed by atoms with Crippen molar-refractivity contribution < 1.29 is 18.3 Å². The van der Waals surface area contributed by atoms with Crippen LogP contribution in [0.1, 0.15) is 15.9 Å². The first-order valence-corrected chi connectivity index (χ1v) is 8.27. The lowest BCUT2D eigenvalue weighted by atomic mass is 10.1. The average Bonchev–Trinajstić information content (AvgIpc) is 3.15. The van der Waals surface area contributed by atoms with Gasteiger partial charge >= 0.3 is 0 Å². The van der Waals surface area contributed by atoms with Gasteiger partial charge in [0.1, 0.15) is 11.4 Å². The van der Waals surface area contributed by atoms with Crippen LogP contribution in [0.5, 0.6) is 5.75 Å². The molecule has 1 heterocycles. The van der Waals surface area contributed by atoms with E-state index in [1.807, 2.05) is 24.3 Å². The first-order chi connectivity index (χ1) is 13.0. The number of halogens is 2. The molecule has 6 nitrogen and oxygen atoms in total. The van der Waals surface area contributed by atoms with Gasteiger partial charge in [-0.3, -0.25) is 4.79 Å². The maximum absolute atomic E-state index is 13.2. The molecule has 1 amide bonds. The fraction of sp³-hybridized carbons (Fsp3) is 0.263. The number of allylic oxidation sites excluding steroid dienone is 2. The number of benzene rings is 1. The Hall–Kier alpha value is -3.16. The summed E-state index contributed by atoms with van der Waals surface area (Å²) in [7, 11) is 3.16. The lowest BCUT2D eigenvalue weighted by Gasteiger charge is -2.09. The van der Waals surface area contributed by atoms with E-state index in [0.717, 1.165) is 16.0 Å². The van der Waals surface area contributed by atoms with E-state index in [1.54, 1.807) is 14.2 Å². The number of aromatic nitrogens is 2. The predicted octanol–water partition coefficient (Wildman–Crippen LogP) is 2.70. The van der Waals surface area contributed by atoms with Crippen LogP contribution in [0.3, 0.4) is 0 Å². The Kier molecular flexibility index (Phi) is 7.10. The summed E-state index contributed by atoms with van der Waals surface area (Å²) >= 11 is 0. The molecule has 0 atom stereocenters. The molecule has 0 spiro atoms. The fourth-order valence-electron chi connectivity index (χ4n) is 2.38. The number of alkyl halides is 2. The third-order valence-electron chi connectivity index (χ3n) is 3.85. The van der Waals surface area contributed by atoms with E-state index in [9.17, 15) is 13.6 Å². The molecular weight excluding hydrogens is 354 g/mol. The number of methoxy groups -OCH3 is 1. The Morgan fingerprint density at radius 2 is 2.15 bits per heavy atom. The SMILES string of the molecule is C=C(/C=C(/C(F)F)n1cc(C(=O)NCCc2ccccc2OC)cn1)NC. The van der Waals surface area contributed by atoms with Crippen LogP contribution >= 0.6 is 0 Å². The van der Waals surface area contributed by atoms with E-state index in [0.29, 0.717) is 18.7 Å². The molecule has 144 valence electrons. The maximum atomic E-state index is 13.2. The number of para-hydroxylation sites is 1. The minimum atomic E-state index is -2.77. The van der Waals surface area contributed by atoms with Crippen molar-refractivity contribution in [1.82, 2.24) is 20.4 Å². The fourth-order valence-corrected chi connectivity index (χ4v) is 2.38. The van der Waals surface area contributed by atoms with Crippen LogP contribution < -0.4 is 15.4 Å². The van der Waals surface area contributed by atoms with Gasteiger partial charge in [0.25, 0.3) is 12.3 Å².